The Kier molecular flexibility index (Phi) is 2.77. The Morgan fingerprint density at radius 3 is 2.82 bits per heavy atom. The van der Waals surface area contributed by atoms with E-state index < -0.39 is 0 Å². The number of nitrogens with one attached hydrogen (secondary N) is 1. The van der Waals surface area contributed by atoms with Crippen LogP contribution >= 0.6 is 0 Å². The highest BCUT2D eigenvalue weighted by Gasteiger charge is 2.11. The number of fused-ring (bicyclic) bond motifs is 1. The number of aromatic amines is 1. The van der Waals surface area contributed by atoms with E-state index in [1.165, 1.54) is 31.6 Å². The molecule has 0 unspecified atom stereocenters. The summed E-state index contributed by atoms with van der Waals surface area (Å²) in [6.07, 6.45) is 3.76. The van der Waals surface area contributed by atoms with Crippen molar-refractivity contribution in [3.05, 3.63) is 30.0 Å². The average molecular weight is 230 g/mol. The van der Waals surface area contributed by atoms with Crippen molar-refractivity contribution in [2.45, 2.75) is 19.3 Å². The Hall–Kier alpha value is -1.48. The number of phenolic OH excluding ortho intramolecular Hbond substituents is 1. The van der Waals surface area contributed by atoms with E-state index in [2.05, 4.69) is 16.0 Å². The monoisotopic (exact) mass is 230 g/mol. The molecule has 0 radical (unpaired) electrons. The second-order valence-electron chi connectivity index (χ2n) is 4.86. The first-order valence-corrected chi connectivity index (χ1v) is 6.34. The Morgan fingerprint density at radius 2 is 2.00 bits per heavy atom. The van der Waals surface area contributed by atoms with Crippen molar-refractivity contribution in [2.75, 3.05) is 19.6 Å². The van der Waals surface area contributed by atoms with Crippen LogP contribution in [0, 0.1) is 0 Å². The molecule has 0 atom stereocenters. The summed E-state index contributed by atoms with van der Waals surface area (Å²) in [7, 11) is 0. The van der Waals surface area contributed by atoms with E-state index in [1.54, 1.807) is 6.07 Å². The van der Waals surface area contributed by atoms with E-state index in [9.17, 15) is 5.11 Å². The lowest BCUT2D eigenvalue weighted by atomic mass is 10.2. The minimum Gasteiger partial charge on any atom is -0.508 e. The van der Waals surface area contributed by atoms with Crippen molar-refractivity contribution in [2.24, 2.45) is 0 Å². The summed E-state index contributed by atoms with van der Waals surface area (Å²) in [6.45, 7) is 3.64. The van der Waals surface area contributed by atoms with E-state index >= 15 is 0 Å². The average Bonchev–Trinajstić information content (AvgIpc) is 2.94. The number of hydrogen-bond donors (Lipinski definition) is 2. The number of aromatic nitrogens is 1. The van der Waals surface area contributed by atoms with E-state index in [0.29, 0.717) is 5.75 Å². The van der Waals surface area contributed by atoms with E-state index in [-0.39, 0.29) is 0 Å². The van der Waals surface area contributed by atoms with Crippen LogP contribution in [0.1, 0.15) is 18.5 Å². The van der Waals surface area contributed by atoms with Gasteiger partial charge in [0.2, 0.25) is 0 Å². The van der Waals surface area contributed by atoms with E-state index in [4.69, 9.17) is 0 Å². The summed E-state index contributed by atoms with van der Waals surface area (Å²) in [4.78, 5) is 5.93. The number of nitrogens with zero attached hydrogens (tertiary/aromatic N) is 1. The maximum atomic E-state index is 9.42. The first kappa shape index (κ1) is 10.7. The minimum absolute atomic E-state index is 0.336. The topological polar surface area (TPSA) is 39.3 Å². The molecule has 2 heterocycles. The number of likely N-dealkylation sites (tertiary alicyclic amines) is 1. The Balaban J connectivity index is 1.72. The summed E-state index contributed by atoms with van der Waals surface area (Å²) in [5.41, 5.74) is 2.37. The smallest absolute Gasteiger partial charge is 0.116 e. The van der Waals surface area contributed by atoms with Gasteiger partial charge in [-0.3, -0.25) is 0 Å². The predicted octanol–water partition coefficient (Wildman–Crippen LogP) is 2.51. The Labute approximate surface area is 101 Å². The molecule has 1 aromatic carbocycles. The highest BCUT2D eigenvalue weighted by atomic mass is 16.3. The fourth-order valence-corrected chi connectivity index (χ4v) is 2.60. The Morgan fingerprint density at radius 1 is 1.18 bits per heavy atom. The number of hydrogen-bond acceptors (Lipinski definition) is 2. The third kappa shape index (κ3) is 2.29. The zero-order valence-corrected chi connectivity index (χ0v) is 9.95. The number of rotatable bonds is 3. The Bertz CT molecular complexity index is 512. The summed E-state index contributed by atoms with van der Waals surface area (Å²) in [5, 5.41) is 10.5. The van der Waals surface area contributed by atoms with E-state index in [0.717, 1.165) is 23.9 Å². The van der Waals surface area contributed by atoms with Gasteiger partial charge in [-0.15, -0.1) is 0 Å². The van der Waals surface area contributed by atoms with Gasteiger partial charge in [-0.05, 0) is 50.2 Å². The van der Waals surface area contributed by atoms with Crippen LogP contribution in [0.2, 0.25) is 0 Å². The molecule has 0 amide bonds. The summed E-state index contributed by atoms with van der Waals surface area (Å²) < 4.78 is 0. The number of phenols is 1. The fraction of sp³-hybridized carbons (Fsp3) is 0.429. The van der Waals surface area contributed by atoms with Crippen molar-refractivity contribution in [3.63, 3.8) is 0 Å². The lowest BCUT2D eigenvalue weighted by molar-refractivity contribution is 0.342. The number of H-pyrrole nitrogens is 1. The minimum atomic E-state index is 0.336. The standard InChI is InChI=1S/C14H18N2O/c17-13-3-4-14-11(10-13)9-12(15-14)5-8-16-6-1-2-7-16/h3-4,9-10,15,17H,1-2,5-8H2. The van der Waals surface area contributed by atoms with Gasteiger partial charge in [0.25, 0.3) is 0 Å². The maximum absolute atomic E-state index is 9.42. The highest BCUT2D eigenvalue weighted by molar-refractivity contribution is 5.81. The largest absolute Gasteiger partial charge is 0.508 e. The lowest BCUT2D eigenvalue weighted by Gasteiger charge is -2.13. The quantitative estimate of drug-likeness (QED) is 0.850. The first-order valence-electron chi connectivity index (χ1n) is 6.34. The third-order valence-electron chi connectivity index (χ3n) is 3.56. The zero-order valence-electron chi connectivity index (χ0n) is 9.95. The molecule has 90 valence electrons. The summed E-state index contributed by atoms with van der Waals surface area (Å²) >= 11 is 0. The normalized spacial score (nSPS) is 16.9. The summed E-state index contributed by atoms with van der Waals surface area (Å²) in [6, 6.07) is 7.61. The van der Waals surface area contributed by atoms with Crippen LogP contribution in [0.15, 0.2) is 24.3 Å². The molecule has 3 rings (SSSR count). The van der Waals surface area contributed by atoms with Crippen LogP contribution in [0.25, 0.3) is 10.9 Å². The van der Waals surface area contributed by atoms with Gasteiger partial charge in [-0.2, -0.15) is 0 Å². The van der Waals surface area contributed by atoms with Crippen molar-refractivity contribution >= 4 is 10.9 Å². The van der Waals surface area contributed by atoms with Gasteiger partial charge in [0.05, 0.1) is 0 Å². The molecule has 0 spiro atoms. The first-order chi connectivity index (χ1) is 8.31. The SMILES string of the molecule is Oc1ccc2[nH]c(CCN3CCCC3)cc2c1. The van der Waals surface area contributed by atoms with Crippen LogP contribution in [-0.2, 0) is 6.42 Å². The van der Waals surface area contributed by atoms with Crippen LogP contribution in [0.4, 0.5) is 0 Å². The third-order valence-corrected chi connectivity index (χ3v) is 3.56. The van der Waals surface area contributed by atoms with Crippen LogP contribution in [0.3, 0.4) is 0 Å². The summed E-state index contributed by atoms with van der Waals surface area (Å²) in [5.74, 6) is 0.336. The molecule has 1 aromatic heterocycles. The zero-order chi connectivity index (χ0) is 11.7. The van der Waals surface area contributed by atoms with Crippen LogP contribution in [-0.4, -0.2) is 34.6 Å². The van der Waals surface area contributed by atoms with Crippen molar-refractivity contribution < 1.29 is 5.11 Å². The highest BCUT2D eigenvalue weighted by Crippen LogP contribution is 2.21. The predicted molar refractivity (Wildman–Crippen MR) is 69.3 cm³/mol. The van der Waals surface area contributed by atoms with Gasteiger partial charge in [-0.1, -0.05) is 0 Å². The molecule has 0 bridgehead atoms. The molecule has 17 heavy (non-hydrogen) atoms. The molecule has 2 N–H and O–H groups in total. The van der Waals surface area contributed by atoms with Crippen LogP contribution < -0.4 is 0 Å². The number of aromatic hydroxyl groups is 1. The van der Waals surface area contributed by atoms with Crippen LogP contribution in [0.5, 0.6) is 5.75 Å². The molecule has 3 nitrogen and oxygen atoms in total. The molecule has 1 aliphatic rings. The molecule has 0 saturated carbocycles. The van der Waals surface area contributed by atoms with E-state index in [1.807, 2.05) is 12.1 Å². The molecular weight excluding hydrogens is 212 g/mol. The van der Waals surface area contributed by atoms with Gasteiger partial charge in [0.15, 0.2) is 0 Å². The van der Waals surface area contributed by atoms with Crippen molar-refractivity contribution in [1.29, 1.82) is 0 Å². The molecule has 1 fully saturated rings. The second kappa shape index (κ2) is 4.41. The number of benzene rings is 1. The van der Waals surface area contributed by atoms with Gasteiger partial charge in [0.1, 0.15) is 5.75 Å². The second-order valence-corrected chi connectivity index (χ2v) is 4.86. The molecule has 2 aromatic rings. The van der Waals surface area contributed by atoms with Crippen molar-refractivity contribution in [1.82, 2.24) is 9.88 Å². The molecule has 3 heteroatoms. The molecule has 1 aliphatic heterocycles. The molecule has 1 saturated heterocycles. The van der Waals surface area contributed by atoms with Gasteiger partial charge < -0.3 is 15.0 Å². The lowest BCUT2D eigenvalue weighted by Crippen LogP contribution is -2.21. The molecular formula is C14H18N2O. The fourth-order valence-electron chi connectivity index (χ4n) is 2.60. The van der Waals surface area contributed by atoms with Crippen molar-refractivity contribution in [3.8, 4) is 5.75 Å². The van der Waals surface area contributed by atoms with Gasteiger partial charge >= 0.3 is 0 Å². The van der Waals surface area contributed by atoms with Gasteiger partial charge in [-0.25, -0.2) is 0 Å². The maximum Gasteiger partial charge on any atom is 0.116 e. The van der Waals surface area contributed by atoms with Gasteiger partial charge in [0, 0.05) is 29.6 Å². The molecule has 0 aliphatic carbocycles.